The van der Waals surface area contributed by atoms with E-state index in [2.05, 4.69) is 25.6 Å². The lowest BCUT2D eigenvalue weighted by Gasteiger charge is -2.21. The molecule has 0 atom stereocenters. The van der Waals surface area contributed by atoms with Gasteiger partial charge in [0.05, 0.1) is 17.4 Å². The Kier molecular flexibility index (Phi) is 4.35. The molecule has 1 amide bonds. The smallest absolute Gasteiger partial charge is 0.258 e. The minimum absolute atomic E-state index is 0.227. The van der Waals surface area contributed by atoms with Crippen LogP contribution in [0.3, 0.4) is 0 Å². The molecule has 1 aliphatic rings. The molecule has 2 aromatic heterocycles. The van der Waals surface area contributed by atoms with Crippen LogP contribution in [0.15, 0.2) is 49.1 Å². The van der Waals surface area contributed by atoms with Gasteiger partial charge in [0.1, 0.15) is 5.82 Å². The van der Waals surface area contributed by atoms with Crippen molar-refractivity contribution in [2.75, 3.05) is 18.4 Å². The van der Waals surface area contributed by atoms with Gasteiger partial charge >= 0.3 is 0 Å². The first-order chi connectivity index (χ1) is 12.3. The molecule has 4 rings (SSSR count). The van der Waals surface area contributed by atoms with Crippen LogP contribution in [-0.4, -0.2) is 33.9 Å². The van der Waals surface area contributed by atoms with E-state index in [1.165, 1.54) is 0 Å². The summed E-state index contributed by atoms with van der Waals surface area (Å²) in [5.41, 5.74) is 1.14. The largest absolute Gasteiger partial charge is 0.320 e. The summed E-state index contributed by atoms with van der Waals surface area (Å²) in [6, 6.07) is 7.82. The number of fused-ring (bicyclic) bond motifs is 1. The number of nitrogens with zero attached hydrogens (tertiary/aromatic N) is 3. The Hall–Kier alpha value is -2.86. The van der Waals surface area contributed by atoms with Crippen LogP contribution in [0.5, 0.6) is 0 Å². The predicted octanol–water partition coefficient (Wildman–Crippen LogP) is 2.74. The summed E-state index contributed by atoms with van der Waals surface area (Å²) in [4.78, 5) is 25.5. The van der Waals surface area contributed by atoms with E-state index in [0.717, 1.165) is 42.5 Å². The lowest BCUT2D eigenvalue weighted by Crippen LogP contribution is -2.27. The molecule has 0 radical (unpaired) electrons. The van der Waals surface area contributed by atoms with Gasteiger partial charge < -0.3 is 10.6 Å². The molecule has 25 heavy (non-hydrogen) atoms. The molecule has 0 aliphatic carbocycles. The highest BCUT2D eigenvalue weighted by molar-refractivity contribution is 6.08. The Balaban J connectivity index is 1.52. The molecule has 3 heterocycles. The number of hydrogen-bond acceptors (Lipinski definition) is 5. The van der Waals surface area contributed by atoms with E-state index in [4.69, 9.17) is 0 Å². The summed E-state index contributed by atoms with van der Waals surface area (Å²) in [7, 11) is 0. The minimum atomic E-state index is -0.227. The van der Waals surface area contributed by atoms with Gasteiger partial charge in [0.15, 0.2) is 0 Å². The highest BCUT2D eigenvalue weighted by atomic mass is 16.1. The van der Waals surface area contributed by atoms with Crippen molar-refractivity contribution in [1.82, 2.24) is 20.3 Å². The molecule has 1 aliphatic heterocycles. The lowest BCUT2D eigenvalue weighted by molar-refractivity contribution is 0.102. The SMILES string of the molecule is O=C(Nc1cncc2ccccc12)c1cnc(C2CCNCC2)nc1. The number of piperidine rings is 1. The second-order valence-electron chi connectivity index (χ2n) is 6.22. The molecular weight excluding hydrogens is 314 g/mol. The van der Waals surface area contributed by atoms with Crippen LogP contribution in [0.1, 0.15) is 34.9 Å². The Morgan fingerprint density at radius 1 is 1.04 bits per heavy atom. The van der Waals surface area contributed by atoms with Gasteiger partial charge in [0, 0.05) is 35.3 Å². The fourth-order valence-corrected chi connectivity index (χ4v) is 3.16. The number of rotatable bonds is 3. The van der Waals surface area contributed by atoms with Gasteiger partial charge in [-0.3, -0.25) is 9.78 Å². The molecule has 3 aromatic rings. The number of amides is 1. The fraction of sp³-hybridized carbons (Fsp3) is 0.263. The summed E-state index contributed by atoms with van der Waals surface area (Å²) in [5, 5.41) is 8.18. The van der Waals surface area contributed by atoms with E-state index in [9.17, 15) is 4.79 Å². The van der Waals surface area contributed by atoms with Crippen molar-refractivity contribution in [3.05, 3.63) is 60.4 Å². The summed E-state index contributed by atoms with van der Waals surface area (Å²) >= 11 is 0. The number of aromatic nitrogens is 3. The van der Waals surface area contributed by atoms with E-state index in [0.29, 0.717) is 17.2 Å². The van der Waals surface area contributed by atoms with Crippen LogP contribution in [-0.2, 0) is 0 Å². The molecule has 6 nitrogen and oxygen atoms in total. The Labute approximate surface area is 145 Å². The minimum Gasteiger partial charge on any atom is -0.320 e. The predicted molar refractivity (Wildman–Crippen MR) is 96.6 cm³/mol. The van der Waals surface area contributed by atoms with Crippen molar-refractivity contribution in [1.29, 1.82) is 0 Å². The quantitative estimate of drug-likeness (QED) is 0.770. The van der Waals surface area contributed by atoms with E-state index < -0.39 is 0 Å². The Morgan fingerprint density at radius 2 is 1.80 bits per heavy atom. The first kappa shape index (κ1) is 15.7. The molecule has 126 valence electrons. The standard InChI is InChI=1S/C19H19N5O/c25-19(24-17-12-21-9-14-3-1-2-4-16(14)17)15-10-22-18(23-11-15)13-5-7-20-8-6-13/h1-4,9-13,20H,5-8H2,(H,24,25). The van der Waals surface area contributed by atoms with Gasteiger partial charge in [-0.15, -0.1) is 0 Å². The number of benzene rings is 1. The van der Waals surface area contributed by atoms with Crippen LogP contribution in [0.25, 0.3) is 10.8 Å². The van der Waals surface area contributed by atoms with Crippen molar-refractivity contribution < 1.29 is 4.79 Å². The van der Waals surface area contributed by atoms with Crippen molar-refractivity contribution in [2.24, 2.45) is 0 Å². The van der Waals surface area contributed by atoms with Gasteiger partial charge in [-0.2, -0.15) is 0 Å². The average molecular weight is 333 g/mol. The van der Waals surface area contributed by atoms with E-state index in [1.54, 1.807) is 24.8 Å². The van der Waals surface area contributed by atoms with Crippen molar-refractivity contribution >= 4 is 22.4 Å². The Morgan fingerprint density at radius 3 is 2.60 bits per heavy atom. The number of carbonyl (C=O) groups excluding carboxylic acids is 1. The summed E-state index contributed by atoms with van der Waals surface area (Å²) in [6.07, 6.45) is 8.73. The topological polar surface area (TPSA) is 79.8 Å². The normalized spacial score (nSPS) is 15.2. The molecule has 0 saturated carbocycles. The van der Waals surface area contributed by atoms with Crippen molar-refractivity contribution in [3.63, 3.8) is 0 Å². The summed E-state index contributed by atoms with van der Waals surface area (Å²) in [6.45, 7) is 1.98. The summed E-state index contributed by atoms with van der Waals surface area (Å²) in [5.74, 6) is 0.973. The maximum Gasteiger partial charge on any atom is 0.258 e. The molecule has 1 aromatic carbocycles. The first-order valence-electron chi connectivity index (χ1n) is 8.48. The second kappa shape index (κ2) is 6.94. The fourth-order valence-electron chi connectivity index (χ4n) is 3.16. The maximum absolute atomic E-state index is 12.5. The van der Waals surface area contributed by atoms with Crippen LogP contribution >= 0.6 is 0 Å². The monoisotopic (exact) mass is 333 g/mol. The third kappa shape index (κ3) is 3.34. The number of hydrogen-bond donors (Lipinski definition) is 2. The first-order valence-corrected chi connectivity index (χ1v) is 8.48. The molecule has 2 N–H and O–H groups in total. The average Bonchev–Trinajstić information content (AvgIpc) is 2.69. The van der Waals surface area contributed by atoms with E-state index in [-0.39, 0.29) is 5.91 Å². The van der Waals surface area contributed by atoms with Gasteiger partial charge in [-0.05, 0) is 25.9 Å². The summed E-state index contributed by atoms with van der Waals surface area (Å²) < 4.78 is 0. The third-order valence-electron chi connectivity index (χ3n) is 4.55. The number of carbonyl (C=O) groups is 1. The number of nitrogens with one attached hydrogen (secondary N) is 2. The van der Waals surface area contributed by atoms with Gasteiger partial charge in [0.2, 0.25) is 0 Å². The molecule has 1 saturated heterocycles. The number of pyridine rings is 1. The zero-order valence-electron chi connectivity index (χ0n) is 13.8. The zero-order chi connectivity index (χ0) is 17.1. The second-order valence-corrected chi connectivity index (χ2v) is 6.22. The molecular formula is C19H19N5O. The van der Waals surface area contributed by atoms with E-state index in [1.807, 2.05) is 24.3 Å². The molecule has 6 heteroatoms. The highest BCUT2D eigenvalue weighted by Crippen LogP contribution is 2.23. The van der Waals surface area contributed by atoms with Crippen molar-refractivity contribution in [2.45, 2.75) is 18.8 Å². The number of anilines is 1. The molecule has 0 spiro atoms. The van der Waals surface area contributed by atoms with Crippen LogP contribution in [0.2, 0.25) is 0 Å². The lowest BCUT2D eigenvalue weighted by atomic mass is 9.97. The maximum atomic E-state index is 12.5. The van der Waals surface area contributed by atoms with E-state index >= 15 is 0 Å². The zero-order valence-corrected chi connectivity index (χ0v) is 13.8. The molecule has 1 fully saturated rings. The highest BCUT2D eigenvalue weighted by Gasteiger charge is 2.18. The molecule has 0 bridgehead atoms. The van der Waals surface area contributed by atoms with Gasteiger partial charge in [-0.1, -0.05) is 24.3 Å². The van der Waals surface area contributed by atoms with Crippen LogP contribution in [0.4, 0.5) is 5.69 Å². The molecule has 0 unspecified atom stereocenters. The van der Waals surface area contributed by atoms with Crippen molar-refractivity contribution in [3.8, 4) is 0 Å². The van der Waals surface area contributed by atoms with Gasteiger partial charge in [-0.25, -0.2) is 9.97 Å². The van der Waals surface area contributed by atoms with Gasteiger partial charge in [0.25, 0.3) is 5.91 Å². The Bertz CT molecular complexity index is 882. The van der Waals surface area contributed by atoms with Crippen LogP contribution in [0, 0.1) is 0 Å². The van der Waals surface area contributed by atoms with Crippen LogP contribution < -0.4 is 10.6 Å². The third-order valence-corrected chi connectivity index (χ3v) is 4.55.